The number of amides is 1. The van der Waals surface area contributed by atoms with Gasteiger partial charge in [0.05, 0.1) is 13.2 Å². The third-order valence-electron chi connectivity index (χ3n) is 3.41. The number of rotatable bonds is 10. The van der Waals surface area contributed by atoms with Crippen LogP contribution in [0.1, 0.15) is 38.1 Å². The van der Waals surface area contributed by atoms with E-state index in [0.717, 1.165) is 19.6 Å². The van der Waals surface area contributed by atoms with Crippen molar-refractivity contribution in [2.75, 3.05) is 39.4 Å². The molecule has 1 rings (SSSR count). The van der Waals surface area contributed by atoms with E-state index in [1.165, 1.54) is 0 Å². The molecule has 0 aliphatic heterocycles. The zero-order valence-corrected chi connectivity index (χ0v) is 14.1. The van der Waals surface area contributed by atoms with E-state index in [4.69, 9.17) is 9.47 Å². The van der Waals surface area contributed by atoms with Crippen LogP contribution in [0.5, 0.6) is 11.5 Å². The van der Waals surface area contributed by atoms with E-state index in [2.05, 4.69) is 24.1 Å². The molecule has 0 saturated carbocycles. The van der Waals surface area contributed by atoms with Crippen molar-refractivity contribution < 1.29 is 14.3 Å². The maximum absolute atomic E-state index is 12.2. The third kappa shape index (κ3) is 5.56. The molecule has 1 aromatic rings. The lowest BCUT2D eigenvalue weighted by Crippen LogP contribution is -2.34. The fourth-order valence-corrected chi connectivity index (χ4v) is 2.16. The Labute approximate surface area is 133 Å². The second-order valence-electron chi connectivity index (χ2n) is 4.81. The molecule has 0 aromatic heterocycles. The van der Waals surface area contributed by atoms with Crippen LogP contribution in [-0.4, -0.2) is 50.2 Å². The van der Waals surface area contributed by atoms with Gasteiger partial charge in [0.2, 0.25) is 0 Å². The smallest absolute Gasteiger partial charge is 0.251 e. The number of carbonyl (C=O) groups is 1. The normalized spacial score (nSPS) is 10.6. The maximum Gasteiger partial charge on any atom is 0.251 e. The molecule has 5 nitrogen and oxygen atoms in total. The summed E-state index contributed by atoms with van der Waals surface area (Å²) in [4.78, 5) is 14.5. The van der Waals surface area contributed by atoms with E-state index in [1.54, 1.807) is 18.2 Å². The van der Waals surface area contributed by atoms with Gasteiger partial charge < -0.3 is 19.7 Å². The third-order valence-corrected chi connectivity index (χ3v) is 3.41. The van der Waals surface area contributed by atoms with Crippen LogP contribution in [0.3, 0.4) is 0 Å². The number of carbonyl (C=O) groups excluding carboxylic acids is 1. The van der Waals surface area contributed by atoms with Crippen LogP contribution in [0.15, 0.2) is 18.2 Å². The molecule has 0 saturated heterocycles. The quantitative estimate of drug-likeness (QED) is 0.722. The molecular weight excluding hydrogens is 280 g/mol. The lowest BCUT2D eigenvalue weighted by Gasteiger charge is -2.18. The van der Waals surface area contributed by atoms with Crippen LogP contribution in [0, 0.1) is 0 Å². The van der Waals surface area contributed by atoms with Crippen molar-refractivity contribution in [3.05, 3.63) is 23.8 Å². The van der Waals surface area contributed by atoms with Gasteiger partial charge in [0.25, 0.3) is 5.91 Å². The minimum atomic E-state index is -0.0869. The molecule has 0 unspecified atom stereocenters. The summed E-state index contributed by atoms with van der Waals surface area (Å²) >= 11 is 0. The molecule has 0 aliphatic carbocycles. The fourth-order valence-electron chi connectivity index (χ4n) is 2.16. The SMILES string of the molecule is CCOc1ccc(C(=O)NCCN(CC)CC)cc1OCC. The van der Waals surface area contributed by atoms with Crippen molar-refractivity contribution >= 4 is 5.91 Å². The highest BCUT2D eigenvalue weighted by atomic mass is 16.5. The number of nitrogens with one attached hydrogen (secondary N) is 1. The first-order chi connectivity index (χ1) is 10.7. The Kier molecular flexibility index (Phi) is 8.36. The Morgan fingerprint density at radius 3 is 2.27 bits per heavy atom. The monoisotopic (exact) mass is 308 g/mol. The molecule has 124 valence electrons. The second kappa shape index (κ2) is 10.1. The average Bonchev–Trinajstić information content (AvgIpc) is 2.53. The van der Waals surface area contributed by atoms with Crippen molar-refractivity contribution in [3.8, 4) is 11.5 Å². The van der Waals surface area contributed by atoms with Gasteiger partial charge in [-0.1, -0.05) is 13.8 Å². The maximum atomic E-state index is 12.2. The van der Waals surface area contributed by atoms with E-state index < -0.39 is 0 Å². The topological polar surface area (TPSA) is 50.8 Å². The number of hydrogen-bond donors (Lipinski definition) is 1. The minimum absolute atomic E-state index is 0.0869. The van der Waals surface area contributed by atoms with Gasteiger partial charge in [0.15, 0.2) is 11.5 Å². The molecule has 0 fully saturated rings. The molecule has 0 bridgehead atoms. The number of benzene rings is 1. The Morgan fingerprint density at radius 1 is 1.05 bits per heavy atom. The van der Waals surface area contributed by atoms with E-state index in [9.17, 15) is 4.79 Å². The highest BCUT2D eigenvalue weighted by molar-refractivity contribution is 5.94. The summed E-state index contributed by atoms with van der Waals surface area (Å²) in [7, 11) is 0. The Balaban J connectivity index is 2.66. The summed E-state index contributed by atoms with van der Waals surface area (Å²) in [6, 6.07) is 5.29. The van der Waals surface area contributed by atoms with Crippen molar-refractivity contribution in [1.29, 1.82) is 0 Å². The van der Waals surface area contributed by atoms with Crippen LogP contribution < -0.4 is 14.8 Å². The van der Waals surface area contributed by atoms with Crippen molar-refractivity contribution in [3.63, 3.8) is 0 Å². The van der Waals surface area contributed by atoms with Crippen molar-refractivity contribution in [1.82, 2.24) is 10.2 Å². The molecule has 22 heavy (non-hydrogen) atoms. The standard InChI is InChI=1S/C17H28N2O3/c1-5-19(6-2)12-11-18-17(20)14-9-10-15(21-7-3)16(13-14)22-8-4/h9-10,13H,5-8,11-12H2,1-4H3,(H,18,20). The van der Waals surface area contributed by atoms with Gasteiger partial charge in [-0.05, 0) is 45.1 Å². The van der Waals surface area contributed by atoms with Gasteiger partial charge in [-0.25, -0.2) is 0 Å². The van der Waals surface area contributed by atoms with E-state index in [-0.39, 0.29) is 5.91 Å². The van der Waals surface area contributed by atoms with Gasteiger partial charge in [-0.2, -0.15) is 0 Å². The summed E-state index contributed by atoms with van der Waals surface area (Å²) < 4.78 is 11.0. The molecule has 1 aromatic carbocycles. The van der Waals surface area contributed by atoms with Crippen LogP contribution in [0.4, 0.5) is 0 Å². The predicted molar refractivity (Wildman–Crippen MR) is 88.9 cm³/mol. The minimum Gasteiger partial charge on any atom is -0.490 e. The molecule has 0 heterocycles. The molecule has 0 radical (unpaired) electrons. The highest BCUT2D eigenvalue weighted by Crippen LogP contribution is 2.28. The molecular formula is C17H28N2O3. The summed E-state index contributed by atoms with van der Waals surface area (Å²) in [6.07, 6.45) is 0. The van der Waals surface area contributed by atoms with Crippen LogP contribution in [0.2, 0.25) is 0 Å². The first-order valence-electron chi connectivity index (χ1n) is 8.06. The molecule has 1 N–H and O–H groups in total. The Morgan fingerprint density at radius 2 is 1.68 bits per heavy atom. The Bertz CT molecular complexity index is 459. The van der Waals surface area contributed by atoms with Gasteiger partial charge in [0, 0.05) is 18.7 Å². The number of nitrogens with zero attached hydrogens (tertiary/aromatic N) is 1. The first kappa shape index (κ1) is 18.3. The second-order valence-corrected chi connectivity index (χ2v) is 4.81. The number of hydrogen-bond acceptors (Lipinski definition) is 4. The molecule has 0 aliphatic rings. The molecule has 0 atom stereocenters. The highest BCUT2D eigenvalue weighted by Gasteiger charge is 2.11. The lowest BCUT2D eigenvalue weighted by molar-refractivity contribution is 0.0948. The summed E-state index contributed by atoms with van der Waals surface area (Å²) in [5.41, 5.74) is 0.589. The average molecular weight is 308 g/mol. The summed E-state index contributed by atoms with van der Waals surface area (Å²) in [5, 5.41) is 2.94. The molecule has 1 amide bonds. The largest absolute Gasteiger partial charge is 0.490 e. The first-order valence-corrected chi connectivity index (χ1v) is 8.06. The molecule has 5 heteroatoms. The number of ether oxygens (including phenoxy) is 2. The summed E-state index contributed by atoms with van der Waals surface area (Å²) in [6.45, 7) is 12.6. The predicted octanol–water partition coefficient (Wildman–Crippen LogP) is 2.56. The van der Waals surface area contributed by atoms with E-state index in [0.29, 0.717) is 36.8 Å². The number of likely N-dealkylation sites (N-methyl/N-ethyl adjacent to an activating group) is 1. The zero-order valence-electron chi connectivity index (χ0n) is 14.1. The van der Waals surface area contributed by atoms with Crippen LogP contribution in [-0.2, 0) is 0 Å². The fraction of sp³-hybridized carbons (Fsp3) is 0.588. The van der Waals surface area contributed by atoms with Crippen molar-refractivity contribution in [2.45, 2.75) is 27.7 Å². The van der Waals surface area contributed by atoms with Crippen molar-refractivity contribution in [2.24, 2.45) is 0 Å². The van der Waals surface area contributed by atoms with Gasteiger partial charge in [-0.3, -0.25) is 4.79 Å². The molecule has 0 spiro atoms. The van der Waals surface area contributed by atoms with Gasteiger partial charge in [0.1, 0.15) is 0 Å². The van der Waals surface area contributed by atoms with E-state index >= 15 is 0 Å². The van der Waals surface area contributed by atoms with Gasteiger partial charge >= 0.3 is 0 Å². The zero-order chi connectivity index (χ0) is 16.4. The summed E-state index contributed by atoms with van der Waals surface area (Å²) in [5.74, 6) is 1.20. The van der Waals surface area contributed by atoms with Crippen LogP contribution in [0.25, 0.3) is 0 Å². The Hall–Kier alpha value is -1.75. The van der Waals surface area contributed by atoms with Gasteiger partial charge in [-0.15, -0.1) is 0 Å². The van der Waals surface area contributed by atoms with E-state index in [1.807, 2.05) is 13.8 Å². The van der Waals surface area contributed by atoms with Crippen LogP contribution >= 0.6 is 0 Å². The lowest BCUT2D eigenvalue weighted by atomic mass is 10.2.